The minimum Gasteiger partial charge on any atom is -0.390 e. The maximum atomic E-state index is 9.21. The minimum absolute atomic E-state index is 0.0219. The fraction of sp³-hybridized carbons (Fsp3) is 0.667. The fourth-order valence-electron chi connectivity index (χ4n) is 2.75. The Kier molecular flexibility index (Phi) is 4.59. The number of nitrogens with zero attached hydrogens (tertiary/aromatic N) is 2. The van der Waals surface area contributed by atoms with E-state index in [1.807, 2.05) is 12.1 Å². The Labute approximate surface area is 110 Å². The Morgan fingerprint density at radius 2 is 2.06 bits per heavy atom. The fourth-order valence-corrected chi connectivity index (χ4v) is 2.75. The Morgan fingerprint density at radius 3 is 2.67 bits per heavy atom. The highest BCUT2D eigenvalue weighted by molar-refractivity contribution is 5.41. The largest absolute Gasteiger partial charge is 0.390 e. The maximum absolute atomic E-state index is 9.21. The molecule has 3 nitrogen and oxygen atoms in total. The smallest absolute Gasteiger partial charge is 0.129 e. The highest BCUT2D eigenvalue weighted by Gasteiger charge is 2.24. The third-order valence-electron chi connectivity index (χ3n) is 3.58. The molecule has 0 amide bonds. The lowest BCUT2D eigenvalue weighted by Gasteiger charge is -2.32. The Bertz CT molecular complexity index is 373. The molecule has 1 fully saturated rings. The number of rotatable bonds is 5. The average molecular weight is 248 g/mol. The summed E-state index contributed by atoms with van der Waals surface area (Å²) < 4.78 is 0. The van der Waals surface area contributed by atoms with Crippen molar-refractivity contribution in [1.82, 2.24) is 4.98 Å². The first kappa shape index (κ1) is 13.3. The quantitative estimate of drug-likeness (QED) is 0.870. The molecule has 1 N–H and O–H groups in total. The Balaban J connectivity index is 2.20. The summed E-state index contributed by atoms with van der Waals surface area (Å²) in [5.74, 6) is 1.66. The van der Waals surface area contributed by atoms with Crippen LogP contribution in [0.2, 0.25) is 0 Å². The van der Waals surface area contributed by atoms with E-state index in [1.54, 1.807) is 0 Å². The number of aliphatic hydroxyl groups is 1. The molecule has 0 spiro atoms. The van der Waals surface area contributed by atoms with Gasteiger partial charge in [0.2, 0.25) is 0 Å². The predicted octanol–water partition coefficient (Wildman–Crippen LogP) is 2.98. The standard InChI is InChI=1S/C15H24N2O/c1-12(2)10-17(14-7-3-4-8-14)15-9-5-6-13(11-18)16-15/h5-6,9,12,14,18H,3-4,7-8,10-11H2,1-2H3. The first-order chi connectivity index (χ1) is 8.70. The maximum Gasteiger partial charge on any atom is 0.129 e. The normalized spacial score (nSPS) is 16.4. The third-order valence-corrected chi connectivity index (χ3v) is 3.58. The second-order valence-electron chi connectivity index (χ2n) is 5.63. The van der Waals surface area contributed by atoms with Crippen LogP contribution in [0.4, 0.5) is 5.82 Å². The first-order valence-corrected chi connectivity index (χ1v) is 7.04. The van der Waals surface area contributed by atoms with E-state index in [0.717, 1.165) is 18.1 Å². The van der Waals surface area contributed by atoms with Gasteiger partial charge in [0.05, 0.1) is 12.3 Å². The van der Waals surface area contributed by atoms with E-state index in [4.69, 9.17) is 0 Å². The lowest BCUT2D eigenvalue weighted by Crippen LogP contribution is -2.37. The third kappa shape index (κ3) is 3.22. The number of hydrogen-bond donors (Lipinski definition) is 1. The average Bonchev–Trinajstić information content (AvgIpc) is 2.89. The lowest BCUT2D eigenvalue weighted by atomic mass is 10.1. The van der Waals surface area contributed by atoms with E-state index in [-0.39, 0.29) is 6.61 Å². The van der Waals surface area contributed by atoms with Crippen LogP contribution in [0.1, 0.15) is 45.2 Å². The molecule has 1 heterocycles. The van der Waals surface area contributed by atoms with Gasteiger partial charge in [-0.15, -0.1) is 0 Å². The molecule has 0 saturated heterocycles. The van der Waals surface area contributed by atoms with Gasteiger partial charge >= 0.3 is 0 Å². The molecule has 0 radical (unpaired) electrons. The summed E-state index contributed by atoms with van der Waals surface area (Å²) in [7, 11) is 0. The van der Waals surface area contributed by atoms with Gasteiger partial charge in [0.1, 0.15) is 5.82 Å². The summed E-state index contributed by atoms with van der Waals surface area (Å²) in [5.41, 5.74) is 0.763. The van der Waals surface area contributed by atoms with Crippen LogP contribution in [-0.4, -0.2) is 22.7 Å². The van der Waals surface area contributed by atoms with Crippen molar-refractivity contribution in [1.29, 1.82) is 0 Å². The second-order valence-corrected chi connectivity index (χ2v) is 5.63. The number of aromatic nitrogens is 1. The van der Waals surface area contributed by atoms with Gasteiger partial charge in [-0.2, -0.15) is 0 Å². The summed E-state index contributed by atoms with van der Waals surface area (Å²) in [4.78, 5) is 7.01. The van der Waals surface area contributed by atoms with Gasteiger partial charge in [0, 0.05) is 12.6 Å². The van der Waals surface area contributed by atoms with Gasteiger partial charge in [0.15, 0.2) is 0 Å². The van der Waals surface area contributed by atoms with Crippen molar-refractivity contribution in [3.05, 3.63) is 23.9 Å². The highest BCUT2D eigenvalue weighted by Crippen LogP contribution is 2.28. The molecule has 100 valence electrons. The molecule has 3 heteroatoms. The van der Waals surface area contributed by atoms with Crippen LogP contribution >= 0.6 is 0 Å². The summed E-state index contributed by atoms with van der Waals surface area (Å²) in [6.07, 6.45) is 5.22. The number of aliphatic hydroxyl groups excluding tert-OH is 1. The predicted molar refractivity (Wildman–Crippen MR) is 74.6 cm³/mol. The van der Waals surface area contributed by atoms with Crippen molar-refractivity contribution < 1.29 is 5.11 Å². The lowest BCUT2D eigenvalue weighted by molar-refractivity contribution is 0.277. The van der Waals surface area contributed by atoms with Crippen LogP contribution in [-0.2, 0) is 6.61 Å². The summed E-state index contributed by atoms with van der Waals surface area (Å²) in [5, 5.41) is 9.21. The molecule has 0 bridgehead atoms. The molecule has 1 aliphatic carbocycles. The zero-order valence-corrected chi connectivity index (χ0v) is 11.5. The molecule has 0 atom stereocenters. The first-order valence-electron chi connectivity index (χ1n) is 7.04. The molecular weight excluding hydrogens is 224 g/mol. The van der Waals surface area contributed by atoms with Gasteiger partial charge in [-0.25, -0.2) is 4.98 Å². The molecular formula is C15H24N2O. The van der Waals surface area contributed by atoms with E-state index in [2.05, 4.69) is 29.8 Å². The van der Waals surface area contributed by atoms with E-state index in [0.29, 0.717) is 12.0 Å². The zero-order chi connectivity index (χ0) is 13.0. The van der Waals surface area contributed by atoms with Crippen molar-refractivity contribution in [3.8, 4) is 0 Å². The van der Waals surface area contributed by atoms with Crippen LogP contribution in [0, 0.1) is 5.92 Å². The van der Waals surface area contributed by atoms with Crippen molar-refractivity contribution in [2.45, 2.75) is 52.2 Å². The van der Waals surface area contributed by atoms with Crippen LogP contribution in [0.5, 0.6) is 0 Å². The number of pyridine rings is 1. The van der Waals surface area contributed by atoms with Gasteiger partial charge in [-0.05, 0) is 30.9 Å². The molecule has 0 unspecified atom stereocenters. The molecule has 0 aromatic carbocycles. The second kappa shape index (κ2) is 6.19. The molecule has 1 saturated carbocycles. The number of hydrogen-bond acceptors (Lipinski definition) is 3. The van der Waals surface area contributed by atoms with E-state index < -0.39 is 0 Å². The van der Waals surface area contributed by atoms with E-state index in [9.17, 15) is 5.11 Å². The van der Waals surface area contributed by atoms with Crippen LogP contribution in [0.25, 0.3) is 0 Å². The van der Waals surface area contributed by atoms with Gasteiger partial charge in [0.25, 0.3) is 0 Å². The topological polar surface area (TPSA) is 36.4 Å². The molecule has 0 aliphatic heterocycles. The van der Waals surface area contributed by atoms with E-state index in [1.165, 1.54) is 25.7 Å². The Morgan fingerprint density at radius 1 is 1.33 bits per heavy atom. The van der Waals surface area contributed by atoms with Gasteiger partial charge in [-0.1, -0.05) is 32.8 Å². The summed E-state index contributed by atoms with van der Waals surface area (Å²) in [6.45, 7) is 5.57. The Hall–Kier alpha value is -1.09. The van der Waals surface area contributed by atoms with Crippen LogP contribution < -0.4 is 4.90 Å². The van der Waals surface area contributed by atoms with Crippen LogP contribution in [0.15, 0.2) is 18.2 Å². The molecule has 1 aromatic rings. The van der Waals surface area contributed by atoms with Crippen molar-refractivity contribution in [2.24, 2.45) is 5.92 Å². The van der Waals surface area contributed by atoms with Crippen molar-refractivity contribution >= 4 is 5.82 Å². The van der Waals surface area contributed by atoms with E-state index >= 15 is 0 Å². The summed E-state index contributed by atoms with van der Waals surface area (Å²) >= 11 is 0. The monoisotopic (exact) mass is 248 g/mol. The number of anilines is 1. The van der Waals surface area contributed by atoms with Gasteiger partial charge < -0.3 is 10.0 Å². The van der Waals surface area contributed by atoms with Crippen LogP contribution in [0.3, 0.4) is 0 Å². The zero-order valence-electron chi connectivity index (χ0n) is 11.5. The SMILES string of the molecule is CC(C)CN(c1cccc(CO)n1)C1CCCC1. The molecule has 2 rings (SSSR count). The van der Waals surface area contributed by atoms with Crippen molar-refractivity contribution in [3.63, 3.8) is 0 Å². The van der Waals surface area contributed by atoms with Crippen molar-refractivity contribution in [2.75, 3.05) is 11.4 Å². The molecule has 1 aliphatic rings. The molecule has 1 aromatic heterocycles. The minimum atomic E-state index is 0.0219. The molecule has 18 heavy (non-hydrogen) atoms. The highest BCUT2D eigenvalue weighted by atomic mass is 16.3. The van der Waals surface area contributed by atoms with Gasteiger partial charge in [-0.3, -0.25) is 0 Å². The summed E-state index contributed by atoms with van der Waals surface area (Å²) in [6, 6.07) is 6.58.